The van der Waals surface area contributed by atoms with Gasteiger partial charge in [0.15, 0.2) is 18.4 Å². The van der Waals surface area contributed by atoms with Gasteiger partial charge in [-0.1, -0.05) is 6.92 Å². The van der Waals surface area contributed by atoms with Crippen molar-refractivity contribution in [2.24, 2.45) is 11.8 Å². The van der Waals surface area contributed by atoms with Gasteiger partial charge in [0.25, 0.3) is 0 Å². The third-order valence-electron chi connectivity index (χ3n) is 7.81. The van der Waals surface area contributed by atoms with Crippen molar-refractivity contribution in [1.82, 2.24) is 0 Å². The van der Waals surface area contributed by atoms with E-state index in [1.165, 1.54) is 0 Å². The fraction of sp³-hybridized carbons (Fsp3) is 0.870. The third-order valence-corrected chi connectivity index (χ3v) is 8.76. The molecule has 4 aliphatic rings. The molecule has 0 aromatic carbocycles. The van der Waals surface area contributed by atoms with Crippen molar-refractivity contribution in [3.63, 3.8) is 0 Å². The van der Waals surface area contributed by atoms with Gasteiger partial charge in [0, 0.05) is 26.1 Å². The quantitative estimate of drug-likeness (QED) is 0.149. The SMILES string of the molecule is CCC1(OC(=O)C2C3OC4C(OC(=O)C42)C3OC(=O)CCCOCCC(F)C(F)(F)S(=O)(=O)O)CCCC1. The maximum atomic E-state index is 13.4. The summed E-state index contributed by atoms with van der Waals surface area (Å²) < 4.78 is 96.8. The molecular formula is C23H31F3O11S. The van der Waals surface area contributed by atoms with Gasteiger partial charge in [0.1, 0.15) is 29.6 Å². The zero-order valence-corrected chi connectivity index (χ0v) is 21.5. The second-order valence-electron chi connectivity index (χ2n) is 10.1. The minimum atomic E-state index is -5.90. The van der Waals surface area contributed by atoms with Gasteiger partial charge in [-0.05, 0) is 38.5 Å². The average molecular weight is 573 g/mol. The Kier molecular flexibility index (Phi) is 8.32. The van der Waals surface area contributed by atoms with Crippen LogP contribution in [0, 0.1) is 11.8 Å². The number of hydrogen-bond donors (Lipinski definition) is 1. The van der Waals surface area contributed by atoms with Gasteiger partial charge in [-0.15, -0.1) is 0 Å². The minimum Gasteiger partial charge on any atom is -0.459 e. The molecule has 0 spiro atoms. The summed E-state index contributed by atoms with van der Waals surface area (Å²) in [6.07, 6.45) is -3.73. The van der Waals surface area contributed by atoms with Crippen molar-refractivity contribution in [3.05, 3.63) is 0 Å². The van der Waals surface area contributed by atoms with Gasteiger partial charge in [0.2, 0.25) is 0 Å². The largest absolute Gasteiger partial charge is 0.459 e. The molecule has 1 saturated carbocycles. The lowest BCUT2D eigenvalue weighted by Crippen LogP contribution is -2.49. The predicted molar refractivity (Wildman–Crippen MR) is 119 cm³/mol. The summed E-state index contributed by atoms with van der Waals surface area (Å²) in [7, 11) is -5.90. The smallest absolute Gasteiger partial charge is 0.400 e. The first-order valence-electron chi connectivity index (χ1n) is 12.7. The molecule has 0 radical (unpaired) electrons. The van der Waals surface area contributed by atoms with Gasteiger partial charge >= 0.3 is 33.3 Å². The molecule has 3 saturated heterocycles. The van der Waals surface area contributed by atoms with E-state index in [0.717, 1.165) is 25.7 Å². The number of ether oxygens (including phenoxy) is 5. The fourth-order valence-electron chi connectivity index (χ4n) is 5.72. The molecule has 4 fully saturated rings. The summed E-state index contributed by atoms with van der Waals surface area (Å²) in [6.45, 7) is 1.21. The first kappa shape index (κ1) is 29.0. The van der Waals surface area contributed by atoms with Gasteiger partial charge < -0.3 is 23.7 Å². The summed E-state index contributed by atoms with van der Waals surface area (Å²) in [6, 6.07) is 0. The van der Waals surface area contributed by atoms with Crippen molar-refractivity contribution in [2.45, 2.75) is 99.7 Å². The lowest BCUT2D eigenvalue weighted by Gasteiger charge is -2.32. The number of halogens is 3. The zero-order valence-electron chi connectivity index (χ0n) is 20.7. The maximum absolute atomic E-state index is 13.4. The first-order valence-corrected chi connectivity index (χ1v) is 14.1. The molecule has 1 aliphatic carbocycles. The number of hydrogen-bond acceptors (Lipinski definition) is 10. The van der Waals surface area contributed by atoms with Crippen LogP contribution in [0.2, 0.25) is 0 Å². The lowest BCUT2D eigenvalue weighted by atomic mass is 9.78. The highest BCUT2D eigenvalue weighted by molar-refractivity contribution is 7.86. The zero-order chi connectivity index (χ0) is 27.9. The lowest BCUT2D eigenvalue weighted by molar-refractivity contribution is -0.173. The molecule has 38 heavy (non-hydrogen) atoms. The van der Waals surface area contributed by atoms with E-state index in [-0.39, 0.29) is 19.4 Å². The second-order valence-corrected chi connectivity index (χ2v) is 11.6. The van der Waals surface area contributed by atoms with Crippen molar-refractivity contribution in [2.75, 3.05) is 13.2 Å². The Labute approximate surface area is 217 Å². The number of carbonyl (C=O) groups is 3. The molecule has 7 atom stereocenters. The molecule has 3 heterocycles. The van der Waals surface area contributed by atoms with E-state index in [0.29, 0.717) is 6.42 Å². The summed E-state index contributed by atoms with van der Waals surface area (Å²) >= 11 is 0. The standard InChI is InChI=1S/C23H31F3O11S/c1-2-22(8-3-4-9-22)37-21(29)15-14-16-19(36-20(14)28)18(17(15)35-16)34-13(27)6-5-10-33-11-7-12(24)23(25,26)38(30,31)32/h12,14-19H,2-11H2,1H3,(H,30,31,32). The Morgan fingerprint density at radius 1 is 1.18 bits per heavy atom. The molecule has 7 unspecified atom stereocenters. The Morgan fingerprint density at radius 2 is 1.87 bits per heavy atom. The van der Waals surface area contributed by atoms with E-state index in [1.54, 1.807) is 0 Å². The molecule has 3 aliphatic heterocycles. The van der Waals surface area contributed by atoms with E-state index in [4.69, 9.17) is 28.2 Å². The van der Waals surface area contributed by atoms with Crippen LogP contribution < -0.4 is 0 Å². The summed E-state index contributed by atoms with van der Waals surface area (Å²) in [5, 5.41) is -4.95. The molecule has 15 heteroatoms. The third kappa shape index (κ3) is 5.39. The maximum Gasteiger partial charge on any atom is 0.400 e. The number of carbonyl (C=O) groups excluding carboxylic acids is 3. The molecular weight excluding hydrogens is 541 g/mol. The summed E-state index contributed by atoms with van der Waals surface area (Å²) in [5.74, 6) is -3.64. The van der Waals surface area contributed by atoms with E-state index in [1.807, 2.05) is 6.92 Å². The van der Waals surface area contributed by atoms with Crippen LogP contribution in [0.25, 0.3) is 0 Å². The number of esters is 3. The average Bonchev–Trinajstić information content (AvgIpc) is 3.59. The van der Waals surface area contributed by atoms with Crippen LogP contribution in [0.4, 0.5) is 13.2 Å². The predicted octanol–water partition coefficient (Wildman–Crippen LogP) is 2.11. The molecule has 1 N–H and O–H groups in total. The van der Waals surface area contributed by atoms with Crippen molar-refractivity contribution < 1.29 is 64.2 Å². The first-order chi connectivity index (χ1) is 17.8. The minimum absolute atomic E-state index is 0.0592. The Morgan fingerprint density at radius 3 is 2.50 bits per heavy atom. The van der Waals surface area contributed by atoms with Crippen molar-refractivity contribution >= 4 is 28.0 Å². The van der Waals surface area contributed by atoms with Gasteiger partial charge in [-0.2, -0.15) is 17.2 Å². The molecule has 11 nitrogen and oxygen atoms in total. The monoisotopic (exact) mass is 572 g/mol. The highest BCUT2D eigenvalue weighted by atomic mass is 32.2. The molecule has 0 aromatic rings. The van der Waals surface area contributed by atoms with Crippen LogP contribution in [-0.2, 0) is 48.2 Å². The number of fused-ring (bicyclic) bond motifs is 1. The van der Waals surface area contributed by atoms with Crippen LogP contribution in [0.5, 0.6) is 0 Å². The van der Waals surface area contributed by atoms with Crippen LogP contribution >= 0.6 is 0 Å². The van der Waals surface area contributed by atoms with Crippen molar-refractivity contribution in [1.29, 1.82) is 0 Å². The highest BCUT2D eigenvalue weighted by Gasteiger charge is 2.72. The second kappa shape index (κ2) is 10.9. The van der Waals surface area contributed by atoms with Crippen LogP contribution in [-0.4, -0.2) is 85.5 Å². The van der Waals surface area contributed by atoms with Crippen LogP contribution in [0.1, 0.15) is 58.3 Å². The topological polar surface area (TPSA) is 152 Å². The molecule has 4 rings (SSSR count). The van der Waals surface area contributed by atoms with Gasteiger partial charge in [-0.3, -0.25) is 18.9 Å². The van der Waals surface area contributed by atoms with Gasteiger partial charge in [-0.25, -0.2) is 4.39 Å². The molecule has 0 amide bonds. The van der Waals surface area contributed by atoms with Crippen molar-refractivity contribution in [3.8, 4) is 0 Å². The van der Waals surface area contributed by atoms with E-state index < -0.39 is 94.3 Å². The van der Waals surface area contributed by atoms with Crippen LogP contribution in [0.3, 0.4) is 0 Å². The van der Waals surface area contributed by atoms with E-state index in [2.05, 4.69) is 0 Å². The summed E-state index contributed by atoms with van der Waals surface area (Å²) in [4.78, 5) is 38.1. The summed E-state index contributed by atoms with van der Waals surface area (Å²) in [5.41, 5.74) is -0.572. The normalized spacial score (nSPS) is 32.3. The highest BCUT2D eigenvalue weighted by Crippen LogP contribution is 2.52. The Bertz CT molecular complexity index is 1030. The van der Waals surface area contributed by atoms with E-state index >= 15 is 0 Å². The van der Waals surface area contributed by atoms with Crippen LogP contribution in [0.15, 0.2) is 0 Å². The Balaban J connectivity index is 1.24. The molecule has 216 valence electrons. The molecule has 0 aromatic heterocycles. The van der Waals surface area contributed by atoms with E-state index in [9.17, 15) is 36.0 Å². The number of rotatable bonds is 13. The molecule has 2 bridgehead atoms. The Hall–Kier alpha value is -1.97. The van der Waals surface area contributed by atoms with Gasteiger partial charge in [0.05, 0.1) is 0 Å². The number of alkyl halides is 3. The fourth-order valence-corrected chi connectivity index (χ4v) is 6.16.